The molecule has 0 aliphatic heterocycles. The number of phenolic OH excluding ortho intramolecular Hbond substituents is 1. The van der Waals surface area contributed by atoms with Gasteiger partial charge in [-0.3, -0.25) is 4.98 Å². The van der Waals surface area contributed by atoms with Crippen LogP contribution in [0.3, 0.4) is 0 Å². The van der Waals surface area contributed by atoms with Crippen molar-refractivity contribution in [3.05, 3.63) is 48.0 Å². The fourth-order valence-electron chi connectivity index (χ4n) is 1.45. The van der Waals surface area contributed by atoms with Crippen LogP contribution in [0.5, 0.6) is 5.75 Å². The lowest BCUT2D eigenvalue weighted by Crippen LogP contribution is -1.86. The van der Waals surface area contributed by atoms with Gasteiger partial charge in [0.05, 0.1) is 0 Å². The van der Waals surface area contributed by atoms with E-state index in [1.165, 1.54) is 6.07 Å². The molecule has 76 valence electrons. The van der Waals surface area contributed by atoms with Gasteiger partial charge in [0, 0.05) is 23.5 Å². The monoisotopic (exact) mass is 203 g/mol. The van der Waals surface area contributed by atoms with E-state index in [1.54, 1.807) is 24.4 Å². The van der Waals surface area contributed by atoms with Crippen molar-refractivity contribution < 1.29 is 9.50 Å². The Balaban J connectivity index is 2.54. The van der Waals surface area contributed by atoms with Crippen molar-refractivity contribution >= 4 is 0 Å². The summed E-state index contributed by atoms with van der Waals surface area (Å²) in [5.41, 5.74) is 2.07. The van der Waals surface area contributed by atoms with E-state index >= 15 is 0 Å². The molecule has 1 N–H and O–H groups in total. The molecule has 3 heteroatoms. The van der Waals surface area contributed by atoms with Gasteiger partial charge in [-0.1, -0.05) is 0 Å². The highest BCUT2D eigenvalue weighted by molar-refractivity contribution is 5.64. The lowest BCUT2D eigenvalue weighted by Gasteiger charge is -2.04. The minimum Gasteiger partial charge on any atom is -0.508 e. The molecule has 0 fully saturated rings. The van der Waals surface area contributed by atoms with Crippen molar-refractivity contribution in [3.63, 3.8) is 0 Å². The predicted octanol–water partition coefficient (Wildman–Crippen LogP) is 2.90. The third-order valence-electron chi connectivity index (χ3n) is 2.16. The molecule has 0 spiro atoms. The molecule has 1 aromatic carbocycles. The summed E-state index contributed by atoms with van der Waals surface area (Å²) in [4.78, 5) is 4.04. The predicted molar refractivity (Wildman–Crippen MR) is 56.0 cm³/mol. The average Bonchev–Trinajstić information content (AvgIpc) is 2.17. The first-order chi connectivity index (χ1) is 7.16. The summed E-state index contributed by atoms with van der Waals surface area (Å²) >= 11 is 0. The van der Waals surface area contributed by atoms with Gasteiger partial charge in [0.15, 0.2) is 0 Å². The minimum atomic E-state index is -0.430. The van der Waals surface area contributed by atoms with Crippen LogP contribution in [-0.4, -0.2) is 10.1 Å². The zero-order valence-electron chi connectivity index (χ0n) is 8.24. The highest BCUT2D eigenvalue weighted by atomic mass is 19.1. The van der Waals surface area contributed by atoms with E-state index in [9.17, 15) is 4.39 Å². The Labute approximate surface area is 87.0 Å². The summed E-state index contributed by atoms with van der Waals surface area (Å²) in [6.45, 7) is 1.85. The van der Waals surface area contributed by atoms with Crippen LogP contribution in [0.15, 0.2) is 36.5 Å². The van der Waals surface area contributed by atoms with Gasteiger partial charge in [-0.25, -0.2) is 4.39 Å². The number of aromatic nitrogens is 1. The van der Waals surface area contributed by atoms with Crippen molar-refractivity contribution in [2.45, 2.75) is 6.92 Å². The molecule has 0 saturated carbocycles. The first-order valence-electron chi connectivity index (χ1n) is 4.58. The third kappa shape index (κ3) is 1.96. The lowest BCUT2D eigenvalue weighted by molar-refractivity contribution is 0.469. The van der Waals surface area contributed by atoms with Crippen LogP contribution in [0.2, 0.25) is 0 Å². The largest absolute Gasteiger partial charge is 0.508 e. The maximum Gasteiger partial charge on any atom is 0.134 e. The van der Waals surface area contributed by atoms with Crippen LogP contribution >= 0.6 is 0 Å². The molecule has 0 amide bonds. The van der Waals surface area contributed by atoms with E-state index in [-0.39, 0.29) is 5.75 Å². The second-order valence-corrected chi connectivity index (χ2v) is 3.35. The maximum atomic E-state index is 13.5. The lowest BCUT2D eigenvalue weighted by atomic mass is 10.1. The Bertz CT molecular complexity index is 497. The zero-order chi connectivity index (χ0) is 10.8. The second-order valence-electron chi connectivity index (χ2n) is 3.35. The van der Waals surface area contributed by atoms with E-state index in [4.69, 9.17) is 5.11 Å². The number of pyridine rings is 1. The van der Waals surface area contributed by atoms with E-state index in [0.717, 1.165) is 17.3 Å². The molecule has 1 aromatic heterocycles. The molecule has 2 rings (SSSR count). The Kier molecular flexibility index (Phi) is 2.37. The summed E-state index contributed by atoms with van der Waals surface area (Å²) in [7, 11) is 0. The number of aryl methyl sites for hydroxylation is 1. The number of hydrogen-bond donors (Lipinski definition) is 1. The molecule has 0 unspecified atom stereocenters. The summed E-state index contributed by atoms with van der Waals surface area (Å²) in [6.07, 6.45) is 1.64. The normalized spacial score (nSPS) is 10.3. The molecular weight excluding hydrogens is 193 g/mol. The van der Waals surface area contributed by atoms with Gasteiger partial charge in [0.1, 0.15) is 11.6 Å². The molecule has 0 atom stereocenters. The summed E-state index contributed by atoms with van der Waals surface area (Å²) in [5, 5.41) is 9.09. The Hall–Kier alpha value is -1.90. The Morgan fingerprint density at radius 3 is 2.67 bits per heavy atom. The molecule has 0 bridgehead atoms. The summed E-state index contributed by atoms with van der Waals surface area (Å²) < 4.78 is 13.5. The van der Waals surface area contributed by atoms with Crippen LogP contribution in [0.25, 0.3) is 11.1 Å². The number of halogens is 1. The second kappa shape index (κ2) is 3.69. The first-order valence-corrected chi connectivity index (χ1v) is 4.58. The number of hydrogen-bond acceptors (Lipinski definition) is 2. The van der Waals surface area contributed by atoms with Gasteiger partial charge in [-0.2, -0.15) is 0 Å². The van der Waals surface area contributed by atoms with Crippen molar-refractivity contribution in [2.75, 3.05) is 0 Å². The molecule has 0 aliphatic rings. The van der Waals surface area contributed by atoms with Crippen LogP contribution in [0.1, 0.15) is 5.69 Å². The van der Waals surface area contributed by atoms with Gasteiger partial charge in [-0.15, -0.1) is 0 Å². The number of nitrogens with zero attached hydrogens (tertiary/aromatic N) is 1. The van der Waals surface area contributed by atoms with Crippen LogP contribution in [0.4, 0.5) is 4.39 Å². The van der Waals surface area contributed by atoms with Gasteiger partial charge in [-0.05, 0) is 36.8 Å². The quantitative estimate of drug-likeness (QED) is 0.773. The SMILES string of the molecule is Cc1cc(-c2ccc(O)cc2F)ccn1. The van der Waals surface area contributed by atoms with E-state index in [2.05, 4.69) is 4.98 Å². The number of phenols is 1. The molecule has 2 nitrogen and oxygen atoms in total. The molecule has 0 saturated heterocycles. The van der Waals surface area contributed by atoms with E-state index in [1.807, 2.05) is 6.92 Å². The van der Waals surface area contributed by atoms with E-state index < -0.39 is 5.82 Å². The van der Waals surface area contributed by atoms with Crippen molar-refractivity contribution in [2.24, 2.45) is 0 Å². The topological polar surface area (TPSA) is 33.1 Å². The number of aromatic hydroxyl groups is 1. The van der Waals surface area contributed by atoms with Crippen LogP contribution in [-0.2, 0) is 0 Å². The van der Waals surface area contributed by atoms with Crippen LogP contribution in [0, 0.1) is 12.7 Å². The zero-order valence-corrected chi connectivity index (χ0v) is 8.24. The minimum absolute atomic E-state index is 0.0676. The molecule has 0 radical (unpaired) electrons. The Morgan fingerprint density at radius 2 is 2.00 bits per heavy atom. The van der Waals surface area contributed by atoms with E-state index in [0.29, 0.717) is 5.56 Å². The van der Waals surface area contributed by atoms with Gasteiger partial charge in [0.2, 0.25) is 0 Å². The third-order valence-corrected chi connectivity index (χ3v) is 2.16. The average molecular weight is 203 g/mol. The molecule has 15 heavy (non-hydrogen) atoms. The van der Waals surface area contributed by atoms with Gasteiger partial charge in [0.25, 0.3) is 0 Å². The van der Waals surface area contributed by atoms with Gasteiger partial charge >= 0.3 is 0 Å². The van der Waals surface area contributed by atoms with Crippen molar-refractivity contribution in [3.8, 4) is 16.9 Å². The Morgan fingerprint density at radius 1 is 1.20 bits per heavy atom. The molecule has 2 aromatic rings. The van der Waals surface area contributed by atoms with Gasteiger partial charge < -0.3 is 5.11 Å². The fourth-order valence-corrected chi connectivity index (χ4v) is 1.45. The standard InChI is InChI=1S/C12H10FNO/c1-8-6-9(4-5-14-8)11-3-2-10(15)7-12(11)13/h2-7,15H,1H3. The molecule has 0 aliphatic carbocycles. The maximum absolute atomic E-state index is 13.5. The molecular formula is C12H10FNO. The van der Waals surface area contributed by atoms with Crippen molar-refractivity contribution in [1.82, 2.24) is 4.98 Å². The number of rotatable bonds is 1. The summed E-state index contributed by atoms with van der Waals surface area (Å²) in [6, 6.07) is 7.66. The highest BCUT2D eigenvalue weighted by Gasteiger charge is 2.05. The smallest absolute Gasteiger partial charge is 0.134 e. The summed E-state index contributed by atoms with van der Waals surface area (Å²) in [5.74, 6) is -0.498. The molecule has 1 heterocycles. The first kappa shape index (κ1) is 9.65. The fraction of sp³-hybridized carbons (Fsp3) is 0.0833. The van der Waals surface area contributed by atoms with Crippen LogP contribution < -0.4 is 0 Å². The highest BCUT2D eigenvalue weighted by Crippen LogP contribution is 2.25. The van der Waals surface area contributed by atoms with Crippen molar-refractivity contribution in [1.29, 1.82) is 0 Å². The number of benzene rings is 1.